The normalized spacial score (nSPS) is 10.8. The van der Waals surface area contributed by atoms with Crippen molar-refractivity contribution in [3.63, 3.8) is 0 Å². The monoisotopic (exact) mass is 256 g/mol. The van der Waals surface area contributed by atoms with Gasteiger partial charge in [-0.3, -0.25) is 9.89 Å². The summed E-state index contributed by atoms with van der Waals surface area (Å²) in [6, 6.07) is 7.06. The van der Waals surface area contributed by atoms with Crippen LogP contribution in [0.1, 0.15) is 23.1 Å². The van der Waals surface area contributed by atoms with Gasteiger partial charge in [0.25, 0.3) is 5.91 Å². The van der Waals surface area contributed by atoms with Crippen LogP contribution in [0.4, 0.5) is 5.69 Å². The van der Waals surface area contributed by atoms with E-state index < -0.39 is 0 Å². The topological polar surface area (TPSA) is 99.3 Å². The van der Waals surface area contributed by atoms with E-state index >= 15 is 0 Å². The maximum atomic E-state index is 12.0. The molecule has 3 aromatic rings. The number of anilines is 1. The number of aryl methyl sites for hydroxylation is 1. The van der Waals surface area contributed by atoms with Gasteiger partial charge in [0.2, 0.25) is 0 Å². The van der Waals surface area contributed by atoms with Crippen LogP contribution in [0.25, 0.3) is 11.0 Å². The first-order chi connectivity index (χ1) is 9.26. The molecule has 3 rings (SSSR count). The molecule has 0 aliphatic carbocycles. The summed E-state index contributed by atoms with van der Waals surface area (Å²) in [7, 11) is 0. The molecule has 7 nitrogen and oxygen atoms in total. The second-order valence-electron chi connectivity index (χ2n) is 4.11. The Balaban J connectivity index is 1.81. The molecule has 0 aliphatic rings. The van der Waals surface area contributed by atoms with Gasteiger partial charge in [-0.25, -0.2) is 0 Å². The highest BCUT2D eigenvalue weighted by atomic mass is 16.1. The second-order valence-corrected chi connectivity index (χ2v) is 4.11. The molecule has 7 heteroatoms. The molecule has 0 radical (unpaired) electrons. The Morgan fingerprint density at radius 1 is 1.21 bits per heavy atom. The van der Waals surface area contributed by atoms with Crippen LogP contribution in [-0.2, 0) is 6.42 Å². The van der Waals surface area contributed by atoms with E-state index in [1.165, 1.54) is 0 Å². The van der Waals surface area contributed by atoms with Crippen molar-refractivity contribution in [2.24, 2.45) is 0 Å². The zero-order chi connectivity index (χ0) is 13.2. The summed E-state index contributed by atoms with van der Waals surface area (Å²) in [5.74, 6) is -0.251. The first kappa shape index (κ1) is 11.4. The molecule has 0 fully saturated rings. The van der Waals surface area contributed by atoms with E-state index in [-0.39, 0.29) is 5.91 Å². The van der Waals surface area contributed by atoms with Crippen LogP contribution >= 0.6 is 0 Å². The summed E-state index contributed by atoms with van der Waals surface area (Å²) < 4.78 is 0. The highest BCUT2D eigenvalue weighted by Gasteiger charge is 2.10. The van der Waals surface area contributed by atoms with Crippen molar-refractivity contribution >= 4 is 22.6 Å². The molecule has 1 amide bonds. The lowest BCUT2D eigenvalue weighted by molar-refractivity contribution is 0.102. The summed E-state index contributed by atoms with van der Waals surface area (Å²) in [5, 5.41) is 20.0. The molecule has 1 aromatic carbocycles. The van der Waals surface area contributed by atoms with Crippen molar-refractivity contribution in [2.45, 2.75) is 13.3 Å². The number of aromatic nitrogens is 5. The summed E-state index contributed by atoms with van der Waals surface area (Å²) in [4.78, 5) is 12.0. The van der Waals surface area contributed by atoms with E-state index in [0.29, 0.717) is 16.9 Å². The quantitative estimate of drug-likeness (QED) is 0.661. The van der Waals surface area contributed by atoms with Crippen molar-refractivity contribution in [1.82, 2.24) is 25.6 Å². The van der Waals surface area contributed by atoms with E-state index in [4.69, 9.17) is 0 Å². The van der Waals surface area contributed by atoms with Crippen molar-refractivity contribution < 1.29 is 4.79 Å². The fourth-order valence-corrected chi connectivity index (χ4v) is 1.77. The second kappa shape index (κ2) is 4.52. The predicted octanol–water partition coefficient (Wildman–Crippen LogP) is 1.50. The molecule has 0 spiro atoms. The molecular weight excluding hydrogens is 244 g/mol. The summed E-state index contributed by atoms with van der Waals surface area (Å²) >= 11 is 0. The van der Waals surface area contributed by atoms with Crippen LogP contribution in [0, 0.1) is 0 Å². The number of fused-ring (bicyclic) bond motifs is 1. The molecule has 0 unspecified atom stereocenters. The van der Waals surface area contributed by atoms with Crippen molar-refractivity contribution in [2.75, 3.05) is 5.32 Å². The standard InChI is InChI=1S/C12H12N6O/c1-2-7-5-11(15-14-7)12(19)13-8-3-4-9-10(6-8)17-18-16-9/h3-6H,2H2,1H3,(H,13,19)(H,14,15)(H,16,17,18). The Kier molecular flexibility index (Phi) is 2.71. The number of benzene rings is 1. The molecule has 19 heavy (non-hydrogen) atoms. The average Bonchev–Trinajstić information content (AvgIpc) is 3.06. The van der Waals surface area contributed by atoms with E-state index in [0.717, 1.165) is 17.6 Å². The molecule has 2 aromatic heterocycles. The Morgan fingerprint density at radius 2 is 2.05 bits per heavy atom. The fraction of sp³-hybridized carbons (Fsp3) is 0.167. The van der Waals surface area contributed by atoms with Gasteiger partial charge in [0, 0.05) is 11.4 Å². The first-order valence-electron chi connectivity index (χ1n) is 5.92. The van der Waals surface area contributed by atoms with Crippen LogP contribution in [0.3, 0.4) is 0 Å². The minimum absolute atomic E-state index is 0.251. The number of H-pyrrole nitrogens is 2. The molecule has 3 N–H and O–H groups in total. The number of amides is 1. The molecule has 0 saturated heterocycles. The minimum Gasteiger partial charge on any atom is -0.321 e. The number of carbonyl (C=O) groups is 1. The van der Waals surface area contributed by atoms with Crippen LogP contribution < -0.4 is 5.32 Å². The molecular formula is C12H12N6O. The molecule has 96 valence electrons. The number of hydrogen-bond acceptors (Lipinski definition) is 4. The molecule has 0 bridgehead atoms. The predicted molar refractivity (Wildman–Crippen MR) is 69.8 cm³/mol. The van der Waals surface area contributed by atoms with Gasteiger partial charge in [-0.1, -0.05) is 6.92 Å². The fourth-order valence-electron chi connectivity index (χ4n) is 1.77. The van der Waals surface area contributed by atoms with E-state index in [1.54, 1.807) is 24.3 Å². The third-order valence-corrected chi connectivity index (χ3v) is 2.82. The summed E-state index contributed by atoms with van der Waals surface area (Å²) in [6.07, 6.45) is 0.811. The average molecular weight is 256 g/mol. The number of nitrogens with one attached hydrogen (secondary N) is 3. The number of rotatable bonds is 3. The molecule has 2 heterocycles. The van der Waals surface area contributed by atoms with Crippen LogP contribution in [0.5, 0.6) is 0 Å². The molecule has 0 atom stereocenters. The van der Waals surface area contributed by atoms with Crippen LogP contribution in [0.15, 0.2) is 24.3 Å². The highest BCUT2D eigenvalue weighted by Crippen LogP contribution is 2.15. The van der Waals surface area contributed by atoms with E-state index in [1.807, 2.05) is 6.92 Å². The Morgan fingerprint density at radius 3 is 2.84 bits per heavy atom. The molecule has 0 saturated carbocycles. The third kappa shape index (κ3) is 2.17. The van der Waals surface area contributed by atoms with Gasteiger partial charge in [0.05, 0.1) is 0 Å². The van der Waals surface area contributed by atoms with Crippen molar-refractivity contribution in [3.05, 3.63) is 35.7 Å². The van der Waals surface area contributed by atoms with Crippen LogP contribution in [0.2, 0.25) is 0 Å². The lowest BCUT2D eigenvalue weighted by atomic mass is 10.2. The van der Waals surface area contributed by atoms with Gasteiger partial charge in [-0.05, 0) is 30.7 Å². The van der Waals surface area contributed by atoms with Gasteiger partial charge in [-0.15, -0.1) is 0 Å². The number of hydrogen-bond donors (Lipinski definition) is 3. The van der Waals surface area contributed by atoms with Gasteiger partial charge in [0.1, 0.15) is 11.0 Å². The summed E-state index contributed by atoms with van der Waals surface area (Å²) in [6.45, 7) is 1.99. The summed E-state index contributed by atoms with van der Waals surface area (Å²) in [5.41, 5.74) is 3.42. The highest BCUT2D eigenvalue weighted by molar-refractivity contribution is 6.03. The Hall–Kier alpha value is -2.70. The van der Waals surface area contributed by atoms with E-state index in [2.05, 4.69) is 30.9 Å². The van der Waals surface area contributed by atoms with Crippen LogP contribution in [-0.4, -0.2) is 31.5 Å². The Bertz CT molecular complexity index is 728. The maximum Gasteiger partial charge on any atom is 0.276 e. The van der Waals surface area contributed by atoms with Crippen molar-refractivity contribution in [1.29, 1.82) is 0 Å². The smallest absolute Gasteiger partial charge is 0.276 e. The first-order valence-corrected chi connectivity index (χ1v) is 5.92. The van der Waals surface area contributed by atoms with Gasteiger partial charge in [-0.2, -0.15) is 20.5 Å². The zero-order valence-corrected chi connectivity index (χ0v) is 10.3. The number of carbonyl (C=O) groups excluding carboxylic acids is 1. The zero-order valence-electron chi connectivity index (χ0n) is 10.3. The van der Waals surface area contributed by atoms with Gasteiger partial charge < -0.3 is 5.32 Å². The van der Waals surface area contributed by atoms with Gasteiger partial charge >= 0.3 is 0 Å². The Labute approximate surface area is 108 Å². The lowest BCUT2D eigenvalue weighted by Crippen LogP contribution is -2.12. The number of nitrogens with zero attached hydrogens (tertiary/aromatic N) is 3. The minimum atomic E-state index is -0.251. The largest absolute Gasteiger partial charge is 0.321 e. The van der Waals surface area contributed by atoms with Gasteiger partial charge in [0.15, 0.2) is 5.69 Å². The lowest BCUT2D eigenvalue weighted by Gasteiger charge is -2.01. The third-order valence-electron chi connectivity index (χ3n) is 2.82. The van der Waals surface area contributed by atoms with Crippen molar-refractivity contribution in [3.8, 4) is 0 Å². The molecule has 0 aliphatic heterocycles. The maximum absolute atomic E-state index is 12.0. The van der Waals surface area contributed by atoms with E-state index in [9.17, 15) is 4.79 Å². The SMILES string of the molecule is CCc1cc(C(=O)Nc2ccc3n[nH]nc3c2)n[nH]1. The number of aromatic amines is 2.